The smallest absolute Gasteiger partial charge is 0.276 e. The summed E-state index contributed by atoms with van der Waals surface area (Å²) < 4.78 is 0. The molecule has 21 heavy (non-hydrogen) atoms. The predicted molar refractivity (Wildman–Crippen MR) is 74.4 cm³/mol. The predicted octanol–water partition coefficient (Wildman–Crippen LogP) is -0.308. The first-order valence-corrected chi connectivity index (χ1v) is 5.94. The molecule has 0 unspecified atom stereocenters. The van der Waals surface area contributed by atoms with Crippen molar-refractivity contribution in [1.82, 2.24) is 29.9 Å². The molecule has 3 aromatic heterocycles. The van der Waals surface area contributed by atoms with Crippen molar-refractivity contribution >= 4 is 29.1 Å². The van der Waals surface area contributed by atoms with Gasteiger partial charge >= 0.3 is 0 Å². The molecule has 0 spiro atoms. The largest absolute Gasteiger partial charge is 0.340 e. The number of ketones is 1. The molecule has 0 saturated heterocycles. The lowest BCUT2D eigenvalue weighted by Crippen LogP contribution is -2.05. The first-order valence-electron chi connectivity index (χ1n) is 5.94. The highest BCUT2D eigenvalue weighted by Crippen LogP contribution is 2.10. The van der Waals surface area contributed by atoms with Crippen molar-refractivity contribution in [3.8, 4) is 0 Å². The van der Waals surface area contributed by atoms with E-state index in [4.69, 9.17) is 0 Å². The number of nitrogens with one attached hydrogen (secondary N) is 4. The first kappa shape index (κ1) is 12.7. The van der Waals surface area contributed by atoms with Gasteiger partial charge in [-0.25, -0.2) is 15.0 Å². The molecule has 0 bridgehead atoms. The third-order valence-corrected chi connectivity index (χ3v) is 2.67. The number of Topliss-reactive ketones (excluding diaryl/α,β-unsaturated/α-hetero) is 1. The molecular formula is C11H10N8O2. The molecule has 0 saturated carbocycles. The summed E-state index contributed by atoms with van der Waals surface area (Å²) in [4.78, 5) is 45.1. The van der Waals surface area contributed by atoms with Crippen molar-refractivity contribution in [2.24, 2.45) is 4.99 Å². The minimum Gasteiger partial charge on any atom is -0.340 e. The van der Waals surface area contributed by atoms with Crippen LogP contribution >= 0.6 is 0 Å². The van der Waals surface area contributed by atoms with Crippen LogP contribution in [0.2, 0.25) is 0 Å². The Morgan fingerprint density at radius 2 is 1.71 bits per heavy atom. The Morgan fingerprint density at radius 1 is 0.952 bits per heavy atom. The summed E-state index contributed by atoms with van der Waals surface area (Å²) in [6.07, 6.45) is 5.72. The Kier molecular flexibility index (Phi) is 3.25. The summed E-state index contributed by atoms with van der Waals surface area (Å²) in [7, 11) is 0. The quantitative estimate of drug-likeness (QED) is 0.446. The fourth-order valence-corrected chi connectivity index (χ4v) is 1.71. The maximum atomic E-state index is 11.1. The third kappa shape index (κ3) is 2.54. The summed E-state index contributed by atoms with van der Waals surface area (Å²) in [5.41, 5.74) is 1.18. The van der Waals surface area contributed by atoms with Crippen molar-refractivity contribution in [1.29, 1.82) is 0 Å². The van der Waals surface area contributed by atoms with Crippen LogP contribution in [0.15, 0.2) is 28.8 Å². The number of rotatable bonds is 0. The standard InChI is InChI=1S/C6H6N4O.C5H4N4O/c11-4-1-7-2-9-6-5(4)8-3-10-6;10-5-3-4(7-1-6-3)8-2-9-5/h2-3H,1H2,(H,7,9)(H,8,10);1-2H,(H2,6,7,8,9,10). The molecule has 3 aromatic rings. The summed E-state index contributed by atoms with van der Waals surface area (Å²) >= 11 is 0. The Labute approximate surface area is 116 Å². The topological polar surface area (TPSA) is 145 Å². The lowest BCUT2D eigenvalue weighted by atomic mass is 10.3. The molecule has 4 rings (SSSR count). The minimum atomic E-state index is -0.192. The van der Waals surface area contributed by atoms with Crippen LogP contribution in [0.25, 0.3) is 11.2 Å². The van der Waals surface area contributed by atoms with Gasteiger partial charge in [-0.2, -0.15) is 0 Å². The van der Waals surface area contributed by atoms with E-state index < -0.39 is 0 Å². The number of aromatic nitrogens is 6. The third-order valence-electron chi connectivity index (χ3n) is 2.67. The van der Waals surface area contributed by atoms with E-state index in [0.29, 0.717) is 22.7 Å². The Bertz CT molecular complexity index is 858. The van der Waals surface area contributed by atoms with Gasteiger partial charge in [0.1, 0.15) is 12.2 Å². The number of anilines is 1. The van der Waals surface area contributed by atoms with E-state index in [1.807, 2.05) is 0 Å². The van der Waals surface area contributed by atoms with Gasteiger partial charge in [0, 0.05) is 0 Å². The fraction of sp³-hybridized carbons (Fsp3) is 0.0909. The van der Waals surface area contributed by atoms with Crippen LogP contribution in [-0.4, -0.2) is 48.6 Å². The second kappa shape index (κ2) is 5.36. The number of hydrogen-bond donors (Lipinski definition) is 4. The minimum absolute atomic E-state index is 0.0428. The molecule has 0 aromatic carbocycles. The van der Waals surface area contributed by atoms with Gasteiger partial charge in [0.25, 0.3) is 5.56 Å². The monoisotopic (exact) mass is 286 g/mol. The highest BCUT2D eigenvalue weighted by molar-refractivity contribution is 6.03. The summed E-state index contributed by atoms with van der Waals surface area (Å²) in [5, 5.41) is 2.78. The van der Waals surface area contributed by atoms with Crippen molar-refractivity contribution in [3.63, 3.8) is 0 Å². The lowest BCUT2D eigenvalue weighted by Gasteiger charge is -1.92. The number of aliphatic imine (C=N–C) groups is 1. The lowest BCUT2D eigenvalue weighted by molar-refractivity contribution is 0.0999. The normalized spacial score (nSPS) is 13.0. The maximum Gasteiger partial charge on any atom is 0.276 e. The van der Waals surface area contributed by atoms with E-state index in [2.05, 4.69) is 40.2 Å². The molecule has 10 nitrogen and oxygen atoms in total. The van der Waals surface area contributed by atoms with E-state index in [0.717, 1.165) is 0 Å². The van der Waals surface area contributed by atoms with E-state index >= 15 is 0 Å². The van der Waals surface area contributed by atoms with Crippen LogP contribution in [0.1, 0.15) is 10.5 Å². The average Bonchev–Trinajstić information content (AvgIpc) is 3.11. The van der Waals surface area contributed by atoms with Gasteiger partial charge in [-0.3, -0.25) is 14.6 Å². The molecule has 0 amide bonds. The van der Waals surface area contributed by atoms with Crippen molar-refractivity contribution < 1.29 is 4.79 Å². The van der Waals surface area contributed by atoms with Gasteiger partial charge in [0.15, 0.2) is 17.0 Å². The van der Waals surface area contributed by atoms with Gasteiger partial charge in [0.2, 0.25) is 5.78 Å². The number of nitrogens with zero attached hydrogens (tertiary/aromatic N) is 4. The molecule has 4 N–H and O–H groups in total. The van der Waals surface area contributed by atoms with E-state index in [1.165, 1.54) is 25.3 Å². The zero-order valence-corrected chi connectivity index (χ0v) is 10.6. The van der Waals surface area contributed by atoms with Gasteiger partial charge < -0.3 is 20.3 Å². The molecule has 0 radical (unpaired) electrons. The number of hydrogen-bond acceptors (Lipinski definition) is 7. The molecule has 1 aliphatic heterocycles. The van der Waals surface area contributed by atoms with Gasteiger partial charge in [-0.15, -0.1) is 0 Å². The number of carbonyl (C=O) groups excluding carboxylic acids is 1. The zero-order valence-electron chi connectivity index (χ0n) is 10.6. The number of fused-ring (bicyclic) bond motifs is 2. The van der Waals surface area contributed by atoms with Crippen LogP contribution in [0, 0.1) is 0 Å². The fourth-order valence-electron chi connectivity index (χ4n) is 1.71. The van der Waals surface area contributed by atoms with Gasteiger partial charge in [-0.05, 0) is 0 Å². The Morgan fingerprint density at radius 3 is 2.52 bits per heavy atom. The van der Waals surface area contributed by atoms with Crippen LogP contribution in [-0.2, 0) is 0 Å². The molecule has 10 heteroatoms. The van der Waals surface area contributed by atoms with Crippen LogP contribution in [0.5, 0.6) is 0 Å². The molecule has 1 aliphatic rings. The van der Waals surface area contributed by atoms with Crippen molar-refractivity contribution in [2.45, 2.75) is 0 Å². The highest BCUT2D eigenvalue weighted by atomic mass is 16.1. The number of aromatic amines is 3. The highest BCUT2D eigenvalue weighted by Gasteiger charge is 2.14. The van der Waals surface area contributed by atoms with Crippen LogP contribution in [0.4, 0.5) is 5.82 Å². The maximum absolute atomic E-state index is 11.1. The van der Waals surface area contributed by atoms with E-state index in [9.17, 15) is 9.59 Å². The zero-order chi connectivity index (χ0) is 14.7. The Balaban J connectivity index is 0.000000126. The SMILES string of the molecule is O=C1CN=CNc2nc[nH]c21.O=c1[nH]cnc2nc[nH]c12. The second-order valence-corrected chi connectivity index (χ2v) is 4.00. The number of H-pyrrole nitrogens is 3. The second-order valence-electron chi connectivity index (χ2n) is 4.00. The number of imidazole rings is 2. The molecular weight excluding hydrogens is 276 g/mol. The summed E-state index contributed by atoms with van der Waals surface area (Å²) in [6, 6.07) is 0. The van der Waals surface area contributed by atoms with Crippen molar-refractivity contribution in [3.05, 3.63) is 35.0 Å². The average molecular weight is 286 g/mol. The Hall–Kier alpha value is -3.30. The molecule has 0 aliphatic carbocycles. The first-order chi connectivity index (χ1) is 10.3. The van der Waals surface area contributed by atoms with Crippen LogP contribution in [0.3, 0.4) is 0 Å². The van der Waals surface area contributed by atoms with Gasteiger partial charge in [0.05, 0.1) is 25.3 Å². The van der Waals surface area contributed by atoms with Crippen LogP contribution < -0.4 is 10.9 Å². The summed E-state index contributed by atoms with van der Waals surface area (Å²) in [6.45, 7) is 0.183. The van der Waals surface area contributed by atoms with Gasteiger partial charge in [-0.1, -0.05) is 0 Å². The molecule has 4 heterocycles. The molecule has 0 atom stereocenters. The van der Waals surface area contributed by atoms with Crippen molar-refractivity contribution in [2.75, 3.05) is 11.9 Å². The molecule has 0 fully saturated rings. The molecule has 106 valence electrons. The number of carbonyl (C=O) groups is 1. The van der Waals surface area contributed by atoms with E-state index in [-0.39, 0.29) is 17.9 Å². The van der Waals surface area contributed by atoms with E-state index in [1.54, 1.807) is 0 Å². The summed E-state index contributed by atoms with van der Waals surface area (Å²) in [5.74, 6) is 0.509.